The van der Waals surface area contributed by atoms with Gasteiger partial charge in [0.05, 0.1) is 22.7 Å². The predicted octanol–water partition coefficient (Wildman–Crippen LogP) is 2.51. The van der Waals surface area contributed by atoms with E-state index in [-0.39, 0.29) is 11.7 Å². The number of nitrogens with zero attached hydrogens (tertiary/aromatic N) is 3. The van der Waals surface area contributed by atoms with Crippen LogP contribution in [0.25, 0.3) is 0 Å². The van der Waals surface area contributed by atoms with Crippen molar-refractivity contribution in [1.29, 1.82) is 0 Å². The summed E-state index contributed by atoms with van der Waals surface area (Å²) in [6, 6.07) is 4.32. The molecular formula is C12H13ClN4O2. The number of nitro benzene ring substituents is 1. The minimum Gasteiger partial charge on any atom is -0.324 e. The van der Waals surface area contributed by atoms with Gasteiger partial charge in [-0.05, 0) is 18.6 Å². The summed E-state index contributed by atoms with van der Waals surface area (Å²) in [5, 5.41) is 15.1. The van der Waals surface area contributed by atoms with Crippen LogP contribution in [0.5, 0.6) is 0 Å². The quantitative estimate of drug-likeness (QED) is 0.688. The Kier molecular flexibility index (Phi) is 3.82. The first-order valence-corrected chi connectivity index (χ1v) is 6.06. The molecule has 0 aliphatic heterocycles. The molecule has 6 nitrogen and oxygen atoms in total. The molecule has 1 unspecified atom stereocenters. The largest absolute Gasteiger partial charge is 0.324 e. The summed E-state index contributed by atoms with van der Waals surface area (Å²) >= 11 is 6.02. The number of hydrogen-bond donors (Lipinski definition) is 1. The van der Waals surface area contributed by atoms with Crippen molar-refractivity contribution in [2.24, 2.45) is 5.73 Å². The van der Waals surface area contributed by atoms with Gasteiger partial charge in [-0.3, -0.25) is 14.8 Å². The van der Waals surface area contributed by atoms with Crippen molar-refractivity contribution in [1.82, 2.24) is 9.78 Å². The van der Waals surface area contributed by atoms with Crippen molar-refractivity contribution >= 4 is 17.3 Å². The Labute approximate surface area is 114 Å². The molecule has 19 heavy (non-hydrogen) atoms. The van der Waals surface area contributed by atoms with Gasteiger partial charge < -0.3 is 5.73 Å². The average molecular weight is 281 g/mol. The standard InChI is InChI=1S/C12H13ClN4O2/c1-8(14)10-5-15-16(7-10)6-9-2-3-11(17(18)19)4-12(9)13/h2-5,7-8H,6,14H2,1H3. The fourth-order valence-electron chi connectivity index (χ4n) is 1.65. The average Bonchev–Trinajstić information content (AvgIpc) is 2.80. The highest BCUT2D eigenvalue weighted by atomic mass is 35.5. The number of nitrogens with two attached hydrogens (primary N) is 1. The van der Waals surface area contributed by atoms with Gasteiger partial charge in [-0.1, -0.05) is 11.6 Å². The molecule has 1 heterocycles. The molecule has 100 valence electrons. The molecule has 0 aliphatic rings. The molecule has 0 radical (unpaired) electrons. The second-order valence-electron chi connectivity index (χ2n) is 4.29. The van der Waals surface area contributed by atoms with E-state index >= 15 is 0 Å². The van der Waals surface area contributed by atoms with Crippen LogP contribution in [0.3, 0.4) is 0 Å². The Morgan fingerprint density at radius 1 is 1.58 bits per heavy atom. The molecule has 2 N–H and O–H groups in total. The van der Waals surface area contributed by atoms with Gasteiger partial charge in [-0.15, -0.1) is 0 Å². The first-order chi connectivity index (χ1) is 8.97. The van der Waals surface area contributed by atoms with Gasteiger partial charge in [0, 0.05) is 29.9 Å². The third-order valence-corrected chi connectivity index (χ3v) is 3.11. The van der Waals surface area contributed by atoms with Crippen LogP contribution in [-0.2, 0) is 6.54 Å². The number of non-ortho nitro benzene ring substituents is 1. The number of rotatable bonds is 4. The van der Waals surface area contributed by atoms with Crippen LogP contribution in [0.15, 0.2) is 30.6 Å². The highest BCUT2D eigenvalue weighted by Gasteiger charge is 2.10. The van der Waals surface area contributed by atoms with E-state index in [1.807, 2.05) is 13.1 Å². The molecule has 0 aliphatic carbocycles. The Morgan fingerprint density at radius 2 is 2.32 bits per heavy atom. The summed E-state index contributed by atoms with van der Waals surface area (Å²) in [5.41, 5.74) is 7.43. The van der Waals surface area contributed by atoms with Crippen molar-refractivity contribution in [2.45, 2.75) is 19.5 Å². The van der Waals surface area contributed by atoms with Crippen LogP contribution in [-0.4, -0.2) is 14.7 Å². The van der Waals surface area contributed by atoms with Gasteiger partial charge in [0.1, 0.15) is 0 Å². The molecule has 1 aromatic heterocycles. The van der Waals surface area contributed by atoms with Gasteiger partial charge in [-0.2, -0.15) is 5.10 Å². The zero-order valence-corrected chi connectivity index (χ0v) is 11.0. The molecule has 1 aromatic carbocycles. The smallest absolute Gasteiger partial charge is 0.270 e. The maximum Gasteiger partial charge on any atom is 0.270 e. The van der Waals surface area contributed by atoms with Crippen LogP contribution < -0.4 is 5.73 Å². The fourth-order valence-corrected chi connectivity index (χ4v) is 1.89. The Balaban J connectivity index is 2.20. The van der Waals surface area contributed by atoms with E-state index in [1.165, 1.54) is 12.1 Å². The second-order valence-corrected chi connectivity index (χ2v) is 4.70. The predicted molar refractivity (Wildman–Crippen MR) is 72.0 cm³/mol. The zero-order chi connectivity index (χ0) is 14.0. The minimum atomic E-state index is -0.474. The molecule has 0 saturated heterocycles. The molecular weight excluding hydrogens is 268 g/mol. The van der Waals surface area contributed by atoms with Crippen LogP contribution in [0.1, 0.15) is 24.1 Å². The summed E-state index contributed by atoms with van der Waals surface area (Å²) in [6.45, 7) is 2.32. The lowest BCUT2D eigenvalue weighted by Crippen LogP contribution is -2.04. The molecule has 0 spiro atoms. The monoisotopic (exact) mass is 280 g/mol. The lowest BCUT2D eigenvalue weighted by molar-refractivity contribution is -0.384. The van der Waals surface area contributed by atoms with E-state index in [1.54, 1.807) is 16.9 Å². The summed E-state index contributed by atoms with van der Waals surface area (Å²) in [7, 11) is 0. The van der Waals surface area contributed by atoms with Crippen molar-refractivity contribution in [2.75, 3.05) is 0 Å². The topological polar surface area (TPSA) is 87.0 Å². The summed E-state index contributed by atoms with van der Waals surface area (Å²) in [5.74, 6) is 0. The second kappa shape index (κ2) is 5.38. The Hall–Kier alpha value is -1.92. The van der Waals surface area contributed by atoms with Crippen molar-refractivity contribution in [3.8, 4) is 0 Å². The molecule has 2 rings (SSSR count). The number of aromatic nitrogens is 2. The molecule has 1 atom stereocenters. The third-order valence-electron chi connectivity index (χ3n) is 2.76. The van der Waals surface area contributed by atoms with E-state index in [9.17, 15) is 10.1 Å². The molecule has 2 aromatic rings. The van der Waals surface area contributed by atoms with Crippen molar-refractivity contribution in [3.05, 3.63) is 56.9 Å². The third kappa shape index (κ3) is 3.10. The molecule has 7 heteroatoms. The van der Waals surface area contributed by atoms with Gasteiger partial charge >= 0.3 is 0 Å². The summed E-state index contributed by atoms with van der Waals surface area (Å²) < 4.78 is 1.70. The highest BCUT2D eigenvalue weighted by molar-refractivity contribution is 6.31. The van der Waals surface area contributed by atoms with E-state index in [2.05, 4.69) is 5.10 Å². The Bertz CT molecular complexity index is 610. The number of benzene rings is 1. The first-order valence-electron chi connectivity index (χ1n) is 5.68. The van der Waals surface area contributed by atoms with Gasteiger partial charge in [0.15, 0.2) is 0 Å². The maximum absolute atomic E-state index is 10.6. The van der Waals surface area contributed by atoms with Gasteiger partial charge in [0.25, 0.3) is 5.69 Å². The van der Waals surface area contributed by atoms with Crippen molar-refractivity contribution in [3.63, 3.8) is 0 Å². The van der Waals surface area contributed by atoms with E-state index in [0.717, 1.165) is 11.1 Å². The molecule has 0 bridgehead atoms. The lowest BCUT2D eigenvalue weighted by Gasteiger charge is -2.04. The van der Waals surface area contributed by atoms with Crippen molar-refractivity contribution < 1.29 is 4.92 Å². The lowest BCUT2D eigenvalue weighted by atomic mass is 10.2. The molecule has 0 saturated carbocycles. The van der Waals surface area contributed by atoms with Gasteiger partial charge in [0.2, 0.25) is 0 Å². The maximum atomic E-state index is 10.6. The Morgan fingerprint density at radius 3 is 2.84 bits per heavy atom. The van der Waals surface area contributed by atoms with E-state index in [4.69, 9.17) is 17.3 Å². The van der Waals surface area contributed by atoms with Crippen LogP contribution in [0.2, 0.25) is 5.02 Å². The number of hydrogen-bond acceptors (Lipinski definition) is 4. The summed E-state index contributed by atoms with van der Waals surface area (Å²) in [4.78, 5) is 10.1. The number of halogens is 1. The van der Waals surface area contributed by atoms with E-state index < -0.39 is 4.92 Å². The zero-order valence-electron chi connectivity index (χ0n) is 10.3. The fraction of sp³-hybridized carbons (Fsp3) is 0.250. The van der Waals surface area contributed by atoms with Crippen LogP contribution in [0.4, 0.5) is 5.69 Å². The minimum absolute atomic E-state index is 0.0227. The first kappa shape index (κ1) is 13.5. The normalized spacial score (nSPS) is 12.4. The SMILES string of the molecule is CC(N)c1cnn(Cc2ccc([N+](=O)[O-])cc2Cl)c1. The molecule has 0 fully saturated rings. The van der Waals surface area contributed by atoms with Crippen LogP contribution in [0, 0.1) is 10.1 Å². The van der Waals surface area contributed by atoms with Crippen LogP contribution >= 0.6 is 11.6 Å². The van der Waals surface area contributed by atoms with E-state index in [0.29, 0.717) is 11.6 Å². The highest BCUT2D eigenvalue weighted by Crippen LogP contribution is 2.23. The van der Waals surface area contributed by atoms with Gasteiger partial charge in [-0.25, -0.2) is 0 Å². The molecule has 0 amide bonds. The summed E-state index contributed by atoms with van der Waals surface area (Å²) in [6.07, 6.45) is 3.53. The number of nitro groups is 1.